The molecule has 2 nitrogen and oxygen atoms in total. The highest BCUT2D eigenvalue weighted by Gasteiger charge is 2.06. The van der Waals surface area contributed by atoms with Crippen LogP contribution in [0.3, 0.4) is 0 Å². The molecule has 0 saturated carbocycles. The van der Waals surface area contributed by atoms with Crippen LogP contribution in [-0.4, -0.2) is 6.41 Å². The van der Waals surface area contributed by atoms with Crippen molar-refractivity contribution in [3.63, 3.8) is 0 Å². The molecular formula is C9H10ClNO. The summed E-state index contributed by atoms with van der Waals surface area (Å²) >= 11 is 5.90. The third-order valence-electron chi connectivity index (χ3n) is 1.69. The largest absolute Gasteiger partial charge is 0.352 e. The standard InChI is InChI=1S/C9H10ClNO/c1-7(11-6-12)8-4-2-3-5-9(8)10/h2-7H,1H3,(H,11,12). The van der Waals surface area contributed by atoms with Gasteiger partial charge in [0.1, 0.15) is 0 Å². The van der Waals surface area contributed by atoms with E-state index in [1.54, 1.807) is 6.07 Å². The van der Waals surface area contributed by atoms with E-state index in [1.807, 2.05) is 25.1 Å². The molecule has 12 heavy (non-hydrogen) atoms. The predicted molar refractivity (Wildman–Crippen MR) is 49.1 cm³/mol. The highest BCUT2D eigenvalue weighted by Crippen LogP contribution is 2.21. The van der Waals surface area contributed by atoms with Crippen LogP contribution in [0.5, 0.6) is 0 Å². The van der Waals surface area contributed by atoms with Gasteiger partial charge in [-0.05, 0) is 18.6 Å². The summed E-state index contributed by atoms with van der Waals surface area (Å²) in [7, 11) is 0. The fourth-order valence-electron chi connectivity index (χ4n) is 1.02. The number of carbonyl (C=O) groups excluding carboxylic acids is 1. The van der Waals surface area contributed by atoms with Crippen LogP contribution in [0, 0.1) is 0 Å². The number of benzene rings is 1. The summed E-state index contributed by atoms with van der Waals surface area (Å²) in [5.41, 5.74) is 0.936. The molecule has 0 heterocycles. The van der Waals surface area contributed by atoms with Gasteiger partial charge in [0, 0.05) is 5.02 Å². The van der Waals surface area contributed by atoms with Crippen LogP contribution in [-0.2, 0) is 4.79 Å². The maximum atomic E-state index is 10.1. The average Bonchev–Trinajstić information content (AvgIpc) is 2.05. The zero-order chi connectivity index (χ0) is 8.97. The van der Waals surface area contributed by atoms with Crippen LogP contribution >= 0.6 is 11.6 Å². The predicted octanol–water partition coefficient (Wildman–Crippen LogP) is 2.15. The molecule has 0 aromatic heterocycles. The molecule has 0 aliphatic carbocycles. The lowest BCUT2D eigenvalue weighted by molar-refractivity contribution is -0.110. The second kappa shape index (κ2) is 4.12. The molecule has 0 aliphatic heterocycles. The van der Waals surface area contributed by atoms with Crippen molar-refractivity contribution >= 4 is 18.0 Å². The molecule has 1 atom stereocenters. The monoisotopic (exact) mass is 183 g/mol. The van der Waals surface area contributed by atoms with Crippen LogP contribution in [0.1, 0.15) is 18.5 Å². The van der Waals surface area contributed by atoms with E-state index in [4.69, 9.17) is 11.6 Å². The van der Waals surface area contributed by atoms with Gasteiger partial charge in [0.25, 0.3) is 0 Å². The normalized spacial score (nSPS) is 12.2. The number of carbonyl (C=O) groups is 1. The van der Waals surface area contributed by atoms with Crippen LogP contribution in [0.15, 0.2) is 24.3 Å². The summed E-state index contributed by atoms with van der Waals surface area (Å²) in [6, 6.07) is 7.42. The van der Waals surface area contributed by atoms with Crippen LogP contribution < -0.4 is 5.32 Å². The number of amides is 1. The van der Waals surface area contributed by atoms with Crippen molar-refractivity contribution in [2.75, 3.05) is 0 Å². The van der Waals surface area contributed by atoms with Crippen molar-refractivity contribution in [1.29, 1.82) is 0 Å². The minimum absolute atomic E-state index is 0.0313. The molecule has 1 amide bonds. The Balaban J connectivity index is 2.86. The highest BCUT2D eigenvalue weighted by atomic mass is 35.5. The van der Waals surface area contributed by atoms with Gasteiger partial charge in [0.15, 0.2) is 0 Å². The Kier molecular flexibility index (Phi) is 3.11. The SMILES string of the molecule is CC(NC=O)c1ccccc1Cl. The van der Waals surface area contributed by atoms with E-state index in [0.717, 1.165) is 5.56 Å². The Hall–Kier alpha value is -1.02. The lowest BCUT2D eigenvalue weighted by Crippen LogP contribution is -2.16. The molecule has 64 valence electrons. The fraction of sp³-hybridized carbons (Fsp3) is 0.222. The summed E-state index contributed by atoms with van der Waals surface area (Å²) in [6.45, 7) is 1.88. The van der Waals surface area contributed by atoms with E-state index >= 15 is 0 Å². The molecule has 1 unspecified atom stereocenters. The Bertz CT molecular complexity index is 275. The summed E-state index contributed by atoms with van der Waals surface area (Å²) < 4.78 is 0. The summed E-state index contributed by atoms with van der Waals surface area (Å²) in [5.74, 6) is 0. The Morgan fingerprint density at radius 1 is 1.50 bits per heavy atom. The number of rotatable bonds is 3. The topological polar surface area (TPSA) is 29.1 Å². The van der Waals surface area contributed by atoms with E-state index in [1.165, 1.54) is 0 Å². The highest BCUT2D eigenvalue weighted by molar-refractivity contribution is 6.31. The van der Waals surface area contributed by atoms with Gasteiger partial charge in [0.2, 0.25) is 6.41 Å². The number of hydrogen-bond acceptors (Lipinski definition) is 1. The third-order valence-corrected chi connectivity index (χ3v) is 2.03. The average molecular weight is 184 g/mol. The Morgan fingerprint density at radius 2 is 2.17 bits per heavy atom. The van der Waals surface area contributed by atoms with E-state index < -0.39 is 0 Å². The van der Waals surface area contributed by atoms with Crippen LogP contribution in [0.25, 0.3) is 0 Å². The lowest BCUT2D eigenvalue weighted by Gasteiger charge is -2.11. The Morgan fingerprint density at radius 3 is 2.75 bits per heavy atom. The van der Waals surface area contributed by atoms with Gasteiger partial charge < -0.3 is 5.32 Å². The molecule has 0 radical (unpaired) electrons. The minimum atomic E-state index is -0.0313. The number of nitrogens with one attached hydrogen (secondary N) is 1. The van der Waals surface area contributed by atoms with Gasteiger partial charge in [-0.25, -0.2) is 0 Å². The molecule has 1 aromatic carbocycles. The second-order valence-corrected chi connectivity index (χ2v) is 2.93. The summed E-state index contributed by atoms with van der Waals surface area (Å²) in [5, 5.41) is 3.32. The zero-order valence-electron chi connectivity index (χ0n) is 6.75. The first-order valence-electron chi connectivity index (χ1n) is 3.70. The van der Waals surface area contributed by atoms with E-state index in [9.17, 15) is 4.79 Å². The van der Waals surface area contributed by atoms with Crippen molar-refractivity contribution in [3.05, 3.63) is 34.9 Å². The zero-order valence-corrected chi connectivity index (χ0v) is 7.51. The third kappa shape index (κ3) is 1.98. The van der Waals surface area contributed by atoms with Gasteiger partial charge in [-0.2, -0.15) is 0 Å². The smallest absolute Gasteiger partial charge is 0.207 e. The molecule has 1 N–H and O–H groups in total. The molecule has 0 fully saturated rings. The first-order valence-corrected chi connectivity index (χ1v) is 4.07. The lowest BCUT2D eigenvalue weighted by atomic mass is 10.1. The van der Waals surface area contributed by atoms with Gasteiger partial charge in [-0.1, -0.05) is 29.8 Å². The molecule has 1 rings (SSSR count). The van der Waals surface area contributed by atoms with E-state index in [2.05, 4.69) is 5.32 Å². The molecular weight excluding hydrogens is 174 g/mol. The molecule has 0 bridgehead atoms. The van der Waals surface area contributed by atoms with Crippen molar-refractivity contribution < 1.29 is 4.79 Å². The summed E-state index contributed by atoms with van der Waals surface area (Å²) in [4.78, 5) is 10.1. The second-order valence-electron chi connectivity index (χ2n) is 2.53. The van der Waals surface area contributed by atoms with Gasteiger partial charge in [0.05, 0.1) is 6.04 Å². The quantitative estimate of drug-likeness (QED) is 0.715. The van der Waals surface area contributed by atoms with Crippen molar-refractivity contribution in [1.82, 2.24) is 5.32 Å². The van der Waals surface area contributed by atoms with Gasteiger partial charge in [-0.15, -0.1) is 0 Å². The Labute approximate surface area is 76.5 Å². The van der Waals surface area contributed by atoms with E-state index in [-0.39, 0.29) is 6.04 Å². The maximum absolute atomic E-state index is 10.1. The van der Waals surface area contributed by atoms with Crippen LogP contribution in [0.4, 0.5) is 0 Å². The number of halogens is 1. The molecule has 0 spiro atoms. The van der Waals surface area contributed by atoms with Crippen LogP contribution in [0.2, 0.25) is 5.02 Å². The van der Waals surface area contributed by atoms with Crippen molar-refractivity contribution in [2.45, 2.75) is 13.0 Å². The summed E-state index contributed by atoms with van der Waals surface area (Å²) in [6.07, 6.45) is 0.675. The first-order chi connectivity index (χ1) is 5.75. The molecule has 1 aromatic rings. The van der Waals surface area contributed by atoms with Gasteiger partial charge >= 0.3 is 0 Å². The number of hydrogen-bond donors (Lipinski definition) is 1. The molecule has 3 heteroatoms. The van der Waals surface area contributed by atoms with Gasteiger partial charge in [-0.3, -0.25) is 4.79 Å². The minimum Gasteiger partial charge on any atom is -0.352 e. The maximum Gasteiger partial charge on any atom is 0.207 e. The van der Waals surface area contributed by atoms with E-state index in [0.29, 0.717) is 11.4 Å². The molecule has 0 saturated heterocycles. The van der Waals surface area contributed by atoms with Crippen molar-refractivity contribution in [3.8, 4) is 0 Å². The van der Waals surface area contributed by atoms with Crippen molar-refractivity contribution in [2.24, 2.45) is 0 Å². The first kappa shape index (κ1) is 9.07. The fourth-order valence-corrected chi connectivity index (χ4v) is 1.32. The molecule has 0 aliphatic rings.